The van der Waals surface area contributed by atoms with Crippen LogP contribution in [-0.2, 0) is 0 Å². The van der Waals surface area contributed by atoms with Gasteiger partial charge in [-0.05, 0) is 0 Å². The summed E-state index contributed by atoms with van der Waals surface area (Å²) in [5, 5.41) is 0. The molecule has 0 aromatic carbocycles. The summed E-state index contributed by atoms with van der Waals surface area (Å²) < 4.78 is 0. The van der Waals surface area contributed by atoms with Crippen LogP contribution < -0.4 is 0 Å². The molecule has 7 heavy (non-hydrogen) atoms. The van der Waals surface area contributed by atoms with E-state index < -0.39 is 0 Å². The first-order valence-electron chi connectivity index (χ1n) is 2.22. The Labute approximate surface area is 44.9 Å². The second kappa shape index (κ2) is 3.41. The fourth-order valence-corrected chi connectivity index (χ4v) is 0.289. The van der Waals surface area contributed by atoms with Crippen molar-refractivity contribution in [3.8, 4) is 0 Å². The molecule has 0 nitrogen and oxygen atoms in total. The minimum absolute atomic E-state index is 0.278. The van der Waals surface area contributed by atoms with Crippen molar-refractivity contribution in [3.63, 3.8) is 0 Å². The molecule has 0 fully saturated rings. The smallest absolute Gasteiger partial charge is 0.0119 e. The van der Waals surface area contributed by atoms with E-state index in [-0.39, 0.29) is 5.92 Å². The van der Waals surface area contributed by atoms with Crippen LogP contribution in [0.25, 0.3) is 0 Å². The summed E-state index contributed by atoms with van der Waals surface area (Å²) in [5.74, 6) is 0.278. The SMILES string of the molecule is C=CC(C=C)C=C. The number of allylic oxidation sites excluding steroid dienone is 3. The monoisotopic (exact) mass is 94.1 g/mol. The van der Waals surface area contributed by atoms with E-state index in [0.29, 0.717) is 0 Å². The normalized spacial score (nSPS) is 8.14. The molecular weight excluding hydrogens is 84.1 g/mol. The summed E-state index contributed by atoms with van der Waals surface area (Å²) in [5.41, 5.74) is 0. The van der Waals surface area contributed by atoms with Crippen molar-refractivity contribution in [2.75, 3.05) is 0 Å². The maximum absolute atomic E-state index is 3.56. The van der Waals surface area contributed by atoms with Gasteiger partial charge >= 0.3 is 0 Å². The summed E-state index contributed by atoms with van der Waals surface area (Å²) in [4.78, 5) is 0. The third kappa shape index (κ3) is 1.99. The highest BCUT2D eigenvalue weighted by Crippen LogP contribution is 1.96. The zero-order valence-corrected chi connectivity index (χ0v) is 4.43. The third-order valence-corrected chi connectivity index (χ3v) is 0.816. The average molecular weight is 94.2 g/mol. The van der Waals surface area contributed by atoms with Gasteiger partial charge in [-0.3, -0.25) is 0 Å². The molecular formula is C7H10. The van der Waals surface area contributed by atoms with Gasteiger partial charge in [-0.25, -0.2) is 0 Å². The molecule has 0 bridgehead atoms. The molecule has 38 valence electrons. The Hall–Kier alpha value is -0.780. The predicted octanol–water partition coefficient (Wildman–Crippen LogP) is 2.16. The summed E-state index contributed by atoms with van der Waals surface area (Å²) in [6, 6.07) is 0. The van der Waals surface area contributed by atoms with Crippen LogP contribution in [0.4, 0.5) is 0 Å². The fourth-order valence-electron chi connectivity index (χ4n) is 0.289. The van der Waals surface area contributed by atoms with E-state index in [1.54, 1.807) is 18.2 Å². The zero-order chi connectivity index (χ0) is 5.70. The Bertz CT molecular complexity index is 61.0. The van der Waals surface area contributed by atoms with Crippen LogP contribution in [0, 0.1) is 5.92 Å². The van der Waals surface area contributed by atoms with Crippen LogP contribution in [0.1, 0.15) is 0 Å². The molecule has 0 heterocycles. The van der Waals surface area contributed by atoms with Crippen molar-refractivity contribution in [2.45, 2.75) is 0 Å². The zero-order valence-electron chi connectivity index (χ0n) is 4.43. The van der Waals surface area contributed by atoms with Crippen molar-refractivity contribution in [1.29, 1.82) is 0 Å². The van der Waals surface area contributed by atoms with E-state index in [1.807, 2.05) is 0 Å². The first-order valence-corrected chi connectivity index (χ1v) is 2.22. The lowest BCUT2D eigenvalue weighted by atomic mass is 10.1. The van der Waals surface area contributed by atoms with Crippen LogP contribution in [0.3, 0.4) is 0 Å². The lowest BCUT2D eigenvalue weighted by Crippen LogP contribution is -1.78. The Kier molecular flexibility index (Phi) is 3.03. The molecule has 0 unspecified atom stereocenters. The van der Waals surface area contributed by atoms with E-state index in [9.17, 15) is 0 Å². The van der Waals surface area contributed by atoms with Crippen LogP contribution in [0.15, 0.2) is 38.0 Å². The standard InChI is InChI=1S/C7H10/c1-4-7(5-2)6-3/h4-7H,1-3H2. The molecule has 0 aliphatic rings. The second-order valence-corrected chi connectivity index (χ2v) is 1.28. The maximum Gasteiger partial charge on any atom is 0.0119 e. The summed E-state index contributed by atoms with van der Waals surface area (Å²) in [7, 11) is 0. The number of hydrogen-bond acceptors (Lipinski definition) is 0. The molecule has 0 rings (SSSR count). The molecule has 0 aromatic heterocycles. The summed E-state index contributed by atoms with van der Waals surface area (Å²) in [6.07, 6.45) is 5.38. The number of hydrogen-bond donors (Lipinski definition) is 0. The summed E-state index contributed by atoms with van der Waals surface area (Å²) >= 11 is 0. The quantitative estimate of drug-likeness (QED) is 0.470. The van der Waals surface area contributed by atoms with Gasteiger partial charge in [-0.15, -0.1) is 19.7 Å². The molecule has 0 N–H and O–H groups in total. The minimum atomic E-state index is 0.278. The highest BCUT2D eigenvalue weighted by atomic mass is 13.9. The second-order valence-electron chi connectivity index (χ2n) is 1.28. The van der Waals surface area contributed by atoms with Crippen LogP contribution in [0.5, 0.6) is 0 Å². The highest BCUT2D eigenvalue weighted by Gasteiger charge is 1.83. The van der Waals surface area contributed by atoms with Crippen molar-refractivity contribution >= 4 is 0 Å². The molecule has 0 aliphatic heterocycles. The van der Waals surface area contributed by atoms with E-state index >= 15 is 0 Å². The fraction of sp³-hybridized carbons (Fsp3) is 0.143. The van der Waals surface area contributed by atoms with Crippen molar-refractivity contribution in [2.24, 2.45) is 5.92 Å². The molecule has 0 amide bonds. The van der Waals surface area contributed by atoms with Gasteiger partial charge in [-0.2, -0.15) is 0 Å². The van der Waals surface area contributed by atoms with E-state index in [2.05, 4.69) is 19.7 Å². The summed E-state index contributed by atoms with van der Waals surface area (Å²) in [6.45, 7) is 10.7. The maximum atomic E-state index is 3.56. The van der Waals surface area contributed by atoms with Gasteiger partial charge in [0.25, 0.3) is 0 Å². The lowest BCUT2D eigenvalue weighted by Gasteiger charge is -1.91. The van der Waals surface area contributed by atoms with Gasteiger partial charge in [0.1, 0.15) is 0 Å². The topological polar surface area (TPSA) is 0 Å². The van der Waals surface area contributed by atoms with Crippen molar-refractivity contribution in [3.05, 3.63) is 38.0 Å². The molecule has 0 atom stereocenters. The van der Waals surface area contributed by atoms with Gasteiger partial charge in [0.2, 0.25) is 0 Å². The van der Waals surface area contributed by atoms with Crippen LogP contribution in [0.2, 0.25) is 0 Å². The van der Waals surface area contributed by atoms with Gasteiger partial charge in [0.05, 0.1) is 0 Å². The van der Waals surface area contributed by atoms with Crippen molar-refractivity contribution < 1.29 is 0 Å². The Balaban J connectivity index is 3.57. The third-order valence-electron chi connectivity index (χ3n) is 0.816. The van der Waals surface area contributed by atoms with Crippen LogP contribution in [-0.4, -0.2) is 0 Å². The first kappa shape index (κ1) is 6.22. The molecule has 0 spiro atoms. The predicted molar refractivity (Wildman–Crippen MR) is 34.1 cm³/mol. The molecule has 0 saturated heterocycles. The van der Waals surface area contributed by atoms with Gasteiger partial charge in [0.15, 0.2) is 0 Å². The van der Waals surface area contributed by atoms with Gasteiger partial charge in [0, 0.05) is 5.92 Å². The average Bonchev–Trinajstić information content (AvgIpc) is 1.72. The van der Waals surface area contributed by atoms with E-state index in [1.165, 1.54) is 0 Å². The Morgan fingerprint density at radius 1 is 0.857 bits per heavy atom. The van der Waals surface area contributed by atoms with Gasteiger partial charge in [-0.1, -0.05) is 18.2 Å². The lowest BCUT2D eigenvalue weighted by molar-refractivity contribution is 1.08. The van der Waals surface area contributed by atoms with E-state index in [4.69, 9.17) is 0 Å². The van der Waals surface area contributed by atoms with E-state index in [0.717, 1.165) is 0 Å². The van der Waals surface area contributed by atoms with Gasteiger partial charge < -0.3 is 0 Å². The molecule has 0 heteroatoms. The highest BCUT2D eigenvalue weighted by molar-refractivity contribution is 5.01. The largest absolute Gasteiger partial charge is 0.102 e. The Morgan fingerprint density at radius 3 is 1.14 bits per heavy atom. The molecule has 0 saturated carbocycles. The van der Waals surface area contributed by atoms with Crippen LogP contribution >= 0.6 is 0 Å². The number of rotatable bonds is 3. The first-order chi connectivity index (χ1) is 3.35. The molecule has 0 aliphatic carbocycles. The Morgan fingerprint density at radius 2 is 1.14 bits per heavy atom. The molecule has 0 aromatic rings. The minimum Gasteiger partial charge on any atom is -0.102 e. The van der Waals surface area contributed by atoms with Crippen molar-refractivity contribution in [1.82, 2.24) is 0 Å². The molecule has 0 radical (unpaired) electrons.